The van der Waals surface area contributed by atoms with E-state index >= 15 is 0 Å². The largest absolute Gasteiger partial charge is 0.455 e. The molecule has 2 aromatic rings. The third-order valence-corrected chi connectivity index (χ3v) is 3.86. The number of anilines is 1. The molecule has 1 aromatic heterocycles. The van der Waals surface area contributed by atoms with Crippen molar-refractivity contribution in [2.24, 2.45) is 5.73 Å². The molecule has 0 saturated carbocycles. The van der Waals surface area contributed by atoms with Crippen LogP contribution in [0.5, 0.6) is 0 Å². The topological polar surface area (TPSA) is 68.0 Å². The van der Waals surface area contributed by atoms with E-state index in [0.29, 0.717) is 23.9 Å². The standard InChI is InChI=1S/C17H20F3N3O/c1-2-11(21)6-5-9-22-15-12-7-3-4-8-14(12)23-10-13(15)16(24)17(18,19)20/h3-4,7-8,10-11H,2,5-6,9,21H2,1H3,(H,22,23). The molecule has 7 heteroatoms. The first-order valence-electron chi connectivity index (χ1n) is 7.83. The minimum absolute atomic E-state index is 0.0669. The maximum Gasteiger partial charge on any atom is 0.455 e. The number of ketones is 1. The Morgan fingerprint density at radius 2 is 2.04 bits per heavy atom. The van der Waals surface area contributed by atoms with Gasteiger partial charge in [-0.05, 0) is 25.3 Å². The van der Waals surface area contributed by atoms with E-state index in [-0.39, 0.29) is 11.7 Å². The molecular formula is C17H20F3N3O. The fraction of sp³-hybridized carbons (Fsp3) is 0.412. The third kappa shape index (κ3) is 4.23. The van der Waals surface area contributed by atoms with E-state index < -0.39 is 17.5 Å². The Hall–Kier alpha value is -2.15. The van der Waals surface area contributed by atoms with Gasteiger partial charge in [0.05, 0.1) is 16.8 Å². The molecule has 0 bridgehead atoms. The first-order valence-corrected chi connectivity index (χ1v) is 7.83. The molecule has 1 heterocycles. The fourth-order valence-corrected chi connectivity index (χ4v) is 2.44. The second kappa shape index (κ2) is 7.61. The van der Waals surface area contributed by atoms with Crippen LogP contribution < -0.4 is 11.1 Å². The summed E-state index contributed by atoms with van der Waals surface area (Å²) in [4.78, 5) is 15.7. The van der Waals surface area contributed by atoms with Crippen molar-refractivity contribution in [2.75, 3.05) is 11.9 Å². The molecule has 0 saturated heterocycles. The number of nitrogens with two attached hydrogens (primary N) is 1. The highest BCUT2D eigenvalue weighted by Crippen LogP contribution is 2.31. The quantitative estimate of drug-likeness (QED) is 0.593. The van der Waals surface area contributed by atoms with E-state index in [2.05, 4.69) is 10.3 Å². The number of hydrogen-bond donors (Lipinski definition) is 2. The number of benzene rings is 1. The molecule has 0 radical (unpaired) electrons. The van der Waals surface area contributed by atoms with Crippen molar-refractivity contribution in [1.82, 2.24) is 4.98 Å². The Labute approximate surface area is 138 Å². The Morgan fingerprint density at radius 3 is 2.71 bits per heavy atom. The molecule has 0 fully saturated rings. The Morgan fingerprint density at radius 1 is 1.33 bits per heavy atom. The van der Waals surface area contributed by atoms with Crippen molar-refractivity contribution < 1.29 is 18.0 Å². The summed E-state index contributed by atoms with van der Waals surface area (Å²) in [6.07, 6.45) is -1.65. The Bertz CT molecular complexity index is 716. The van der Waals surface area contributed by atoms with E-state index in [0.717, 1.165) is 19.0 Å². The van der Waals surface area contributed by atoms with Crippen molar-refractivity contribution in [3.63, 3.8) is 0 Å². The zero-order valence-electron chi connectivity index (χ0n) is 13.4. The lowest BCUT2D eigenvalue weighted by Crippen LogP contribution is -2.25. The first kappa shape index (κ1) is 18.2. The van der Waals surface area contributed by atoms with Crippen LogP contribution in [0.2, 0.25) is 0 Å². The van der Waals surface area contributed by atoms with Crippen molar-refractivity contribution in [3.05, 3.63) is 36.0 Å². The van der Waals surface area contributed by atoms with Crippen LogP contribution in [0.3, 0.4) is 0 Å². The lowest BCUT2D eigenvalue weighted by Gasteiger charge is -2.16. The summed E-state index contributed by atoms with van der Waals surface area (Å²) in [7, 11) is 0. The van der Waals surface area contributed by atoms with E-state index in [1.54, 1.807) is 24.3 Å². The number of nitrogens with zero attached hydrogens (tertiary/aromatic N) is 1. The summed E-state index contributed by atoms with van der Waals surface area (Å²) in [5.41, 5.74) is 6.09. The molecular weight excluding hydrogens is 319 g/mol. The third-order valence-electron chi connectivity index (χ3n) is 3.86. The van der Waals surface area contributed by atoms with Crippen LogP contribution in [0.15, 0.2) is 30.5 Å². The van der Waals surface area contributed by atoms with Gasteiger partial charge in [0.15, 0.2) is 0 Å². The van der Waals surface area contributed by atoms with Gasteiger partial charge in [0.1, 0.15) is 0 Å². The predicted molar refractivity (Wildman–Crippen MR) is 88.1 cm³/mol. The summed E-state index contributed by atoms with van der Waals surface area (Å²) >= 11 is 0. The molecule has 0 aliphatic rings. The molecule has 1 atom stereocenters. The minimum Gasteiger partial charge on any atom is -0.384 e. The average molecular weight is 339 g/mol. The number of para-hydroxylation sites is 1. The summed E-state index contributed by atoms with van der Waals surface area (Å²) in [5.74, 6) is -1.89. The maximum atomic E-state index is 12.8. The highest BCUT2D eigenvalue weighted by molar-refractivity contribution is 6.10. The van der Waals surface area contributed by atoms with Crippen molar-refractivity contribution in [1.29, 1.82) is 0 Å². The van der Waals surface area contributed by atoms with E-state index in [1.165, 1.54) is 0 Å². The molecule has 0 aliphatic carbocycles. The number of carbonyl (C=O) groups excluding carboxylic acids is 1. The number of halogens is 3. The average Bonchev–Trinajstić information content (AvgIpc) is 2.56. The van der Waals surface area contributed by atoms with Crippen LogP contribution in [0, 0.1) is 0 Å². The van der Waals surface area contributed by atoms with Gasteiger partial charge in [-0.1, -0.05) is 25.1 Å². The van der Waals surface area contributed by atoms with Gasteiger partial charge in [-0.2, -0.15) is 13.2 Å². The van der Waals surface area contributed by atoms with Crippen molar-refractivity contribution in [3.8, 4) is 0 Å². The second-order valence-electron chi connectivity index (χ2n) is 5.63. The summed E-state index contributed by atoms with van der Waals surface area (Å²) in [6, 6.07) is 6.84. The smallest absolute Gasteiger partial charge is 0.384 e. The number of rotatable bonds is 7. The number of nitrogens with one attached hydrogen (secondary N) is 1. The first-order chi connectivity index (χ1) is 11.3. The van der Waals surface area contributed by atoms with Crippen LogP contribution in [-0.2, 0) is 0 Å². The predicted octanol–water partition coefficient (Wildman–Crippen LogP) is 3.91. The molecule has 0 amide bonds. The van der Waals surface area contributed by atoms with Crippen LogP contribution in [-0.4, -0.2) is 29.5 Å². The molecule has 0 aliphatic heterocycles. The van der Waals surface area contributed by atoms with Crippen LogP contribution >= 0.6 is 0 Å². The van der Waals surface area contributed by atoms with Gasteiger partial charge in [-0.25, -0.2) is 0 Å². The van der Waals surface area contributed by atoms with E-state index in [9.17, 15) is 18.0 Å². The number of Topliss-reactive ketones (excluding diaryl/α,β-unsaturated/α-hetero) is 1. The zero-order chi connectivity index (χ0) is 17.7. The number of carbonyl (C=O) groups is 1. The lowest BCUT2D eigenvalue weighted by atomic mass is 10.0. The molecule has 1 unspecified atom stereocenters. The molecule has 2 rings (SSSR count). The van der Waals surface area contributed by atoms with Gasteiger partial charge in [-0.15, -0.1) is 0 Å². The van der Waals surface area contributed by atoms with Gasteiger partial charge in [-0.3, -0.25) is 9.78 Å². The lowest BCUT2D eigenvalue weighted by molar-refractivity contribution is -0.0884. The molecule has 4 nitrogen and oxygen atoms in total. The number of alkyl halides is 3. The van der Waals surface area contributed by atoms with Gasteiger partial charge in [0.25, 0.3) is 5.78 Å². The van der Waals surface area contributed by atoms with Gasteiger partial charge in [0.2, 0.25) is 0 Å². The van der Waals surface area contributed by atoms with Crippen molar-refractivity contribution in [2.45, 2.75) is 38.4 Å². The Kier molecular flexibility index (Phi) is 5.77. The molecule has 24 heavy (non-hydrogen) atoms. The fourth-order valence-electron chi connectivity index (χ4n) is 2.44. The number of fused-ring (bicyclic) bond motifs is 1. The molecule has 130 valence electrons. The minimum atomic E-state index is -4.94. The van der Waals surface area contributed by atoms with E-state index in [4.69, 9.17) is 5.73 Å². The number of pyridine rings is 1. The highest BCUT2D eigenvalue weighted by Gasteiger charge is 2.41. The van der Waals surface area contributed by atoms with Crippen LogP contribution in [0.1, 0.15) is 36.5 Å². The Balaban J connectivity index is 2.31. The summed E-state index contributed by atoms with van der Waals surface area (Å²) < 4.78 is 38.5. The van der Waals surface area contributed by atoms with E-state index in [1.807, 2.05) is 6.92 Å². The van der Waals surface area contributed by atoms with Gasteiger partial charge in [0, 0.05) is 24.2 Å². The maximum absolute atomic E-state index is 12.8. The second-order valence-corrected chi connectivity index (χ2v) is 5.63. The number of aromatic nitrogens is 1. The molecule has 0 spiro atoms. The SMILES string of the molecule is CCC(N)CCCNc1c(C(=O)C(F)(F)F)cnc2ccccc12. The van der Waals surface area contributed by atoms with Crippen molar-refractivity contribution >= 4 is 22.4 Å². The van der Waals surface area contributed by atoms with Crippen LogP contribution in [0.25, 0.3) is 10.9 Å². The summed E-state index contributed by atoms with van der Waals surface area (Å²) in [6.45, 7) is 2.41. The molecule has 1 aromatic carbocycles. The summed E-state index contributed by atoms with van der Waals surface area (Å²) in [5, 5.41) is 3.47. The monoisotopic (exact) mass is 339 g/mol. The normalized spacial score (nSPS) is 13.0. The highest BCUT2D eigenvalue weighted by atomic mass is 19.4. The number of hydrogen-bond acceptors (Lipinski definition) is 4. The zero-order valence-corrected chi connectivity index (χ0v) is 13.4. The van der Waals surface area contributed by atoms with Gasteiger partial charge < -0.3 is 11.1 Å². The van der Waals surface area contributed by atoms with Gasteiger partial charge >= 0.3 is 6.18 Å². The molecule has 3 N–H and O–H groups in total. The van der Waals surface area contributed by atoms with Crippen LogP contribution in [0.4, 0.5) is 18.9 Å².